The molecular weight excluding hydrogens is 288 g/mol. The van der Waals surface area contributed by atoms with Crippen LogP contribution >= 0.6 is 23.2 Å². The van der Waals surface area contributed by atoms with Crippen molar-refractivity contribution in [1.82, 2.24) is 0 Å². The zero-order valence-corrected chi connectivity index (χ0v) is 11.5. The van der Waals surface area contributed by atoms with Crippen LogP contribution in [-0.4, -0.2) is 0 Å². The number of halogens is 3. The summed E-state index contributed by atoms with van der Waals surface area (Å²) in [6.07, 6.45) is 0. The van der Waals surface area contributed by atoms with Crippen LogP contribution in [0.25, 0.3) is 0 Å². The fraction of sp³-hybridized carbons (Fsp3) is 0.143. The maximum absolute atomic E-state index is 13.7. The molecule has 0 aromatic heterocycles. The summed E-state index contributed by atoms with van der Waals surface area (Å²) in [4.78, 5) is 0. The minimum Gasteiger partial charge on any atom is -0.487 e. The number of rotatable bonds is 4. The summed E-state index contributed by atoms with van der Waals surface area (Å²) in [6.45, 7) is 0.402. The fourth-order valence-electron chi connectivity index (χ4n) is 1.58. The molecule has 0 radical (unpaired) electrons. The average molecular weight is 300 g/mol. The van der Waals surface area contributed by atoms with Crippen LogP contribution in [0.3, 0.4) is 0 Å². The van der Waals surface area contributed by atoms with E-state index in [-0.39, 0.29) is 12.4 Å². The lowest BCUT2D eigenvalue weighted by molar-refractivity contribution is 0.300. The Bertz CT molecular complexity index is 590. The second kappa shape index (κ2) is 6.24. The highest BCUT2D eigenvalue weighted by Gasteiger charge is 2.06. The minimum atomic E-state index is -0.340. The van der Waals surface area contributed by atoms with Crippen molar-refractivity contribution in [2.45, 2.75) is 13.2 Å². The summed E-state index contributed by atoms with van der Waals surface area (Å²) in [5, 5.41) is 0.919. The van der Waals surface area contributed by atoms with Gasteiger partial charge in [-0.15, -0.1) is 0 Å². The molecule has 19 heavy (non-hydrogen) atoms. The standard InChI is InChI=1S/C14H12Cl2FNO/c15-11-3-4-14(12(16)6-11)19-8-10-2-1-9(7-18)5-13(10)17/h1-6H,7-8,18H2. The monoisotopic (exact) mass is 299 g/mol. The highest BCUT2D eigenvalue weighted by molar-refractivity contribution is 6.35. The van der Waals surface area contributed by atoms with Crippen LogP contribution < -0.4 is 10.5 Å². The van der Waals surface area contributed by atoms with Crippen LogP contribution in [0.2, 0.25) is 10.0 Å². The summed E-state index contributed by atoms with van der Waals surface area (Å²) >= 11 is 11.7. The fourth-order valence-corrected chi connectivity index (χ4v) is 2.05. The van der Waals surface area contributed by atoms with Gasteiger partial charge in [0.25, 0.3) is 0 Å². The van der Waals surface area contributed by atoms with Gasteiger partial charge in [0.15, 0.2) is 0 Å². The molecule has 2 nitrogen and oxygen atoms in total. The highest BCUT2D eigenvalue weighted by Crippen LogP contribution is 2.28. The first kappa shape index (κ1) is 14.1. The zero-order chi connectivity index (χ0) is 13.8. The Morgan fingerprint density at radius 1 is 1.11 bits per heavy atom. The van der Waals surface area contributed by atoms with Crippen LogP contribution in [0.5, 0.6) is 5.75 Å². The lowest BCUT2D eigenvalue weighted by Gasteiger charge is -2.09. The molecule has 0 fully saturated rings. The topological polar surface area (TPSA) is 35.2 Å². The summed E-state index contributed by atoms with van der Waals surface area (Å²) in [7, 11) is 0. The van der Waals surface area contributed by atoms with Crippen molar-refractivity contribution in [3.63, 3.8) is 0 Å². The first-order valence-electron chi connectivity index (χ1n) is 5.65. The molecule has 0 amide bonds. The summed E-state index contributed by atoms with van der Waals surface area (Å²) in [6, 6.07) is 9.72. The van der Waals surface area contributed by atoms with Crippen molar-refractivity contribution in [2.75, 3.05) is 0 Å². The lowest BCUT2D eigenvalue weighted by atomic mass is 10.1. The second-order valence-electron chi connectivity index (χ2n) is 3.99. The molecule has 2 aromatic rings. The number of nitrogens with two attached hydrogens (primary N) is 1. The second-order valence-corrected chi connectivity index (χ2v) is 4.84. The van der Waals surface area contributed by atoms with E-state index < -0.39 is 0 Å². The molecule has 0 spiro atoms. The van der Waals surface area contributed by atoms with Crippen molar-refractivity contribution in [3.05, 3.63) is 63.4 Å². The third-order valence-corrected chi connectivity index (χ3v) is 3.16. The summed E-state index contributed by atoms with van der Waals surface area (Å²) in [5.74, 6) is 0.126. The molecular formula is C14H12Cl2FNO. The molecule has 0 saturated carbocycles. The lowest BCUT2D eigenvalue weighted by Crippen LogP contribution is -2.02. The van der Waals surface area contributed by atoms with Crippen LogP contribution in [0, 0.1) is 5.82 Å². The van der Waals surface area contributed by atoms with E-state index >= 15 is 0 Å². The molecule has 2 rings (SSSR count). The van der Waals surface area contributed by atoms with Crippen LogP contribution in [0.1, 0.15) is 11.1 Å². The third-order valence-electron chi connectivity index (χ3n) is 2.63. The quantitative estimate of drug-likeness (QED) is 0.919. The molecule has 0 aliphatic carbocycles. The molecule has 0 bridgehead atoms. The minimum absolute atomic E-state index is 0.0953. The average Bonchev–Trinajstić information content (AvgIpc) is 2.39. The molecule has 0 heterocycles. The molecule has 100 valence electrons. The van der Waals surface area contributed by atoms with Gasteiger partial charge in [-0.3, -0.25) is 0 Å². The maximum Gasteiger partial charge on any atom is 0.138 e. The van der Waals surface area contributed by atoms with E-state index in [9.17, 15) is 4.39 Å². The van der Waals surface area contributed by atoms with E-state index in [0.717, 1.165) is 5.56 Å². The molecule has 0 aliphatic rings. The van der Waals surface area contributed by atoms with Gasteiger partial charge < -0.3 is 10.5 Å². The van der Waals surface area contributed by atoms with E-state index in [4.69, 9.17) is 33.7 Å². The van der Waals surface area contributed by atoms with Gasteiger partial charge in [-0.05, 0) is 29.8 Å². The van der Waals surface area contributed by atoms with Gasteiger partial charge >= 0.3 is 0 Å². The molecule has 0 unspecified atom stereocenters. The van der Waals surface area contributed by atoms with Gasteiger partial charge in [0.1, 0.15) is 18.2 Å². The van der Waals surface area contributed by atoms with Crippen LogP contribution in [-0.2, 0) is 13.2 Å². The predicted octanol–water partition coefficient (Wildman–Crippen LogP) is 4.17. The van der Waals surface area contributed by atoms with Crippen LogP contribution in [0.15, 0.2) is 36.4 Å². The predicted molar refractivity (Wildman–Crippen MR) is 75.1 cm³/mol. The normalized spacial score (nSPS) is 10.5. The molecule has 0 atom stereocenters. The number of ether oxygens (including phenoxy) is 1. The number of hydrogen-bond donors (Lipinski definition) is 1. The Labute approximate surface area is 120 Å². The van der Waals surface area contributed by atoms with Crippen molar-refractivity contribution < 1.29 is 9.13 Å². The van der Waals surface area contributed by atoms with Crippen LogP contribution in [0.4, 0.5) is 4.39 Å². The molecule has 2 aromatic carbocycles. The summed E-state index contributed by atoms with van der Waals surface area (Å²) < 4.78 is 19.2. The van der Waals surface area contributed by atoms with Gasteiger partial charge in [-0.25, -0.2) is 4.39 Å². The first-order chi connectivity index (χ1) is 9.10. The highest BCUT2D eigenvalue weighted by atomic mass is 35.5. The van der Waals surface area contributed by atoms with Crippen molar-refractivity contribution in [1.29, 1.82) is 0 Å². The van der Waals surface area contributed by atoms with Gasteiger partial charge in [-0.2, -0.15) is 0 Å². The van der Waals surface area contributed by atoms with E-state index in [1.807, 2.05) is 0 Å². The Morgan fingerprint density at radius 3 is 2.53 bits per heavy atom. The van der Waals surface area contributed by atoms with Crippen molar-refractivity contribution in [2.24, 2.45) is 5.73 Å². The summed E-state index contributed by atoms with van der Waals surface area (Å²) in [5.41, 5.74) is 6.63. The zero-order valence-electron chi connectivity index (χ0n) is 10.00. The van der Waals surface area contributed by atoms with E-state index in [2.05, 4.69) is 0 Å². The number of hydrogen-bond acceptors (Lipinski definition) is 2. The van der Waals surface area contributed by atoms with Gasteiger partial charge in [0, 0.05) is 17.1 Å². The van der Waals surface area contributed by atoms with Crippen molar-refractivity contribution >= 4 is 23.2 Å². The molecule has 0 saturated heterocycles. The SMILES string of the molecule is NCc1ccc(COc2ccc(Cl)cc2Cl)c(F)c1. The van der Waals surface area contributed by atoms with E-state index in [1.54, 1.807) is 30.3 Å². The van der Waals surface area contributed by atoms with E-state index in [0.29, 0.717) is 27.9 Å². The Hall–Kier alpha value is -1.29. The van der Waals surface area contributed by atoms with Gasteiger partial charge in [0.05, 0.1) is 5.02 Å². The first-order valence-corrected chi connectivity index (χ1v) is 6.41. The van der Waals surface area contributed by atoms with Crippen molar-refractivity contribution in [3.8, 4) is 5.75 Å². The third kappa shape index (κ3) is 3.60. The van der Waals surface area contributed by atoms with Gasteiger partial charge in [-0.1, -0.05) is 35.3 Å². The molecule has 2 N–H and O–H groups in total. The van der Waals surface area contributed by atoms with Gasteiger partial charge in [0.2, 0.25) is 0 Å². The molecule has 5 heteroatoms. The Kier molecular flexibility index (Phi) is 4.64. The van der Waals surface area contributed by atoms with E-state index in [1.165, 1.54) is 6.07 Å². The maximum atomic E-state index is 13.7. The Balaban J connectivity index is 2.10. The smallest absolute Gasteiger partial charge is 0.138 e. The largest absolute Gasteiger partial charge is 0.487 e. The number of benzene rings is 2. The molecule has 0 aliphatic heterocycles. The Morgan fingerprint density at radius 2 is 1.89 bits per heavy atom.